The van der Waals surface area contributed by atoms with Crippen LogP contribution in [-0.2, 0) is 4.79 Å². The molecule has 5 nitrogen and oxygen atoms in total. The predicted octanol–water partition coefficient (Wildman–Crippen LogP) is 2.08. The Bertz CT molecular complexity index is 540. The number of nitrogens with one attached hydrogen (secondary N) is 1. The third kappa shape index (κ3) is 4.70. The molecule has 0 saturated carbocycles. The van der Waals surface area contributed by atoms with E-state index in [1.165, 1.54) is 0 Å². The molecule has 1 aromatic carbocycles. The molecule has 0 unspecified atom stereocenters. The molecule has 0 aromatic heterocycles. The summed E-state index contributed by atoms with van der Waals surface area (Å²) in [7, 11) is 0. The van der Waals surface area contributed by atoms with Gasteiger partial charge in [0.15, 0.2) is 0 Å². The van der Waals surface area contributed by atoms with Crippen molar-refractivity contribution >= 4 is 17.5 Å². The van der Waals surface area contributed by atoms with Crippen LogP contribution in [0.4, 0.5) is 0 Å². The Labute approximate surface area is 149 Å². The SMILES string of the molecule is CC(C)N1CCC(N)(C(=O)N[C@@H](CCO)c2ccc(Cl)cc2)CC1. The van der Waals surface area contributed by atoms with Gasteiger partial charge >= 0.3 is 0 Å². The molecule has 0 aliphatic carbocycles. The van der Waals surface area contributed by atoms with Crippen LogP contribution in [0.2, 0.25) is 5.02 Å². The maximum atomic E-state index is 12.8. The molecule has 4 N–H and O–H groups in total. The minimum Gasteiger partial charge on any atom is -0.396 e. The van der Waals surface area contributed by atoms with Crippen LogP contribution in [0.1, 0.15) is 44.7 Å². The number of likely N-dealkylation sites (tertiary alicyclic amines) is 1. The van der Waals surface area contributed by atoms with Gasteiger partial charge in [0, 0.05) is 30.8 Å². The van der Waals surface area contributed by atoms with Crippen molar-refractivity contribution in [3.63, 3.8) is 0 Å². The number of nitrogens with two attached hydrogens (primary N) is 1. The Hall–Kier alpha value is -1.14. The normalized spacial score (nSPS) is 19.2. The van der Waals surface area contributed by atoms with Gasteiger partial charge in [0.05, 0.1) is 11.6 Å². The van der Waals surface area contributed by atoms with Crippen LogP contribution in [0, 0.1) is 0 Å². The Kier molecular flexibility index (Phi) is 6.63. The standard InChI is InChI=1S/C18H28ClN3O2/c1-13(2)22-10-8-18(20,9-11-22)17(24)21-16(7-12-23)14-3-5-15(19)6-4-14/h3-6,13,16,23H,7-12,20H2,1-2H3,(H,21,24)/t16-/m0/s1. The number of carbonyl (C=O) groups excluding carboxylic acids is 1. The average molecular weight is 354 g/mol. The number of benzene rings is 1. The summed E-state index contributed by atoms with van der Waals surface area (Å²) in [6, 6.07) is 7.51. The minimum absolute atomic E-state index is 0.00767. The number of aliphatic hydroxyl groups is 1. The van der Waals surface area contributed by atoms with Crippen LogP contribution in [0.15, 0.2) is 24.3 Å². The van der Waals surface area contributed by atoms with E-state index in [-0.39, 0.29) is 18.6 Å². The molecule has 0 bridgehead atoms. The fraction of sp³-hybridized carbons (Fsp3) is 0.611. The average Bonchev–Trinajstić information content (AvgIpc) is 2.55. The van der Waals surface area contributed by atoms with Crippen molar-refractivity contribution in [2.75, 3.05) is 19.7 Å². The molecule has 1 amide bonds. The van der Waals surface area contributed by atoms with Crippen molar-refractivity contribution in [1.29, 1.82) is 0 Å². The van der Waals surface area contributed by atoms with E-state index in [0.717, 1.165) is 18.7 Å². The monoisotopic (exact) mass is 353 g/mol. The van der Waals surface area contributed by atoms with Gasteiger partial charge in [-0.2, -0.15) is 0 Å². The lowest BCUT2D eigenvalue weighted by molar-refractivity contribution is -0.129. The van der Waals surface area contributed by atoms with Crippen LogP contribution in [-0.4, -0.2) is 47.2 Å². The lowest BCUT2D eigenvalue weighted by atomic mass is 9.86. The zero-order valence-corrected chi connectivity index (χ0v) is 15.2. The fourth-order valence-electron chi connectivity index (χ4n) is 3.11. The molecule has 1 atom stereocenters. The topological polar surface area (TPSA) is 78.6 Å². The van der Waals surface area contributed by atoms with Gasteiger partial charge in [0.1, 0.15) is 0 Å². The molecular weight excluding hydrogens is 326 g/mol. The molecule has 134 valence electrons. The second-order valence-electron chi connectivity index (χ2n) is 6.88. The molecule has 1 heterocycles. The molecule has 24 heavy (non-hydrogen) atoms. The molecule has 2 rings (SSSR count). The number of piperidine rings is 1. The Morgan fingerprint density at radius 3 is 2.42 bits per heavy atom. The van der Waals surface area contributed by atoms with Crippen molar-refractivity contribution in [3.8, 4) is 0 Å². The molecule has 0 spiro atoms. The molecule has 1 aliphatic heterocycles. The number of halogens is 1. The second-order valence-corrected chi connectivity index (χ2v) is 7.31. The first-order valence-electron chi connectivity index (χ1n) is 8.56. The van der Waals surface area contributed by atoms with E-state index in [9.17, 15) is 9.90 Å². The summed E-state index contributed by atoms with van der Waals surface area (Å²) in [5.74, 6) is -0.140. The highest BCUT2D eigenvalue weighted by molar-refractivity contribution is 6.30. The number of hydrogen-bond donors (Lipinski definition) is 3. The number of hydrogen-bond acceptors (Lipinski definition) is 4. The number of rotatable bonds is 6. The van der Waals surface area contributed by atoms with Crippen molar-refractivity contribution in [2.45, 2.75) is 50.7 Å². The van der Waals surface area contributed by atoms with Gasteiger partial charge in [-0.25, -0.2) is 0 Å². The quantitative estimate of drug-likeness (QED) is 0.731. The summed E-state index contributed by atoms with van der Waals surface area (Å²) in [4.78, 5) is 15.1. The van der Waals surface area contributed by atoms with E-state index >= 15 is 0 Å². The highest BCUT2D eigenvalue weighted by Crippen LogP contribution is 2.24. The highest BCUT2D eigenvalue weighted by atomic mass is 35.5. The number of aliphatic hydroxyl groups excluding tert-OH is 1. The largest absolute Gasteiger partial charge is 0.396 e. The number of nitrogens with zero attached hydrogens (tertiary/aromatic N) is 1. The van der Waals surface area contributed by atoms with Crippen LogP contribution in [0.25, 0.3) is 0 Å². The zero-order valence-electron chi connectivity index (χ0n) is 14.5. The Morgan fingerprint density at radius 2 is 1.92 bits per heavy atom. The lowest BCUT2D eigenvalue weighted by Crippen LogP contribution is -2.60. The first-order valence-corrected chi connectivity index (χ1v) is 8.94. The van der Waals surface area contributed by atoms with Gasteiger partial charge in [-0.1, -0.05) is 23.7 Å². The van der Waals surface area contributed by atoms with Crippen LogP contribution < -0.4 is 11.1 Å². The van der Waals surface area contributed by atoms with Gasteiger partial charge in [-0.3, -0.25) is 4.79 Å². The van der Waals surface area contributed by atoms with E-state index in [1.54, 1.807) is 12.1 Å². The molecule has 1 saturated heterocycles. The molecule has 1 aromatic rings. The third-order valence-electron chi connectivity index (χ3n) is 4.87. The summed E-state index contributed by atoms with van der Waals surface area (Å²) in [5.41, 5.74) is 6.47. The zero-order chi connectivity index (χ0) is 17.7. The Balaban J connectivity index is 2.03. The maximum absolute atomic E-state index is 12.8. The van der Waals surface area contributed by atoms with Gasteiger partial charge < -0.3 is 21.1 Å². The lowest BCUT2D eigenvalue weighted by Gasteiger charge is -2.40. The minimum atomic E-state index is -0.842. The summed E-state index contributed by atoms with van der Waals surface area (Å²) in [6.45, 7) is 5.95. The van der Waals surface area contributed by atoms with Crippen LogP contribution >= 0.6 is 11.6 Å². The second kappa shape index (κ2) is 8.30. The summed E-state index contributed by atoms with van der Waals surface area (Å²) in [6.07, 6.45) is 1.73. The first kappa shape index (κ1) is 19.2. The van der Waals surface area contributed by atoms with Crippen molar-refractivity contribution in [3.05, 3.63) is 34.9 Å². The molecule has 6 heteroatoms. The van der Waals surface area contributed by atoms with Gasteiger partial charge in [0.2, 0.25) is 5.91 Å². The van der Waals surface area contributed by atoms with E-state index in [4.69, 9.17) is 17.3 Å². The van der Waals surface area contributed by atoms with Gasteiger partial charge in [-0.15, -0.1) is 0 Å². The molecular formula is C18H28ClN3O2. The van der Waals surface area contributed by atoms with Gasteiger partial charge in [-0.05, 0) is 50.8 Å². The van der Waals surface area contributed by atoms with Gasteiger partial charge in [0.25, 0.3) is 0 Å². The summed E-state index contributed by atoms with van der Waals surface area (Å²) >= 11 is 5.92. The fourth-order valence-corrected chi connectivity index (χ4v) is 3.24. The van der Waals surface area contributed by atoms with E-state index < -0.39 is 5.54 Å². The van der Waals surface area contributed by atoms with E-state index in [0.29, 0.717) is 30.3 Å². The molecule has 0 radical (unpaired) electrons. The van der Waals surface area contributed by atoms with E-state index in [1.807, 2.05) is 12.1 Å². The number of amides is 1. The van der Waals surface area contributed by atoms with E-state index in [2.05, 4.69) is 24.1 Å². The Morgan fingerprint density at radius 1 is 1.33 bits per heavy atom. The van der Waals surface area contributed by atoms with Crippen LogP contribution in [0.3, 0.4) is 0 Å². The third-order valence-corrected chi connectivity index (χ3v) is 5.12. The van der Waals surface area contributed by atoms with Crippen molar-refractivity contribution < 1.29 is 9.90 Å². The first-order chi connectivity index (χ1) is 11.4. The smallest absolute Gasteiger partial charge is 0.240 e. The van der Waals surface area contributed by atoms with Crippen LogP contribution in [0.5, 0.6) is 0 Å². The number of carbonyl (C=O) groups is 1. The molecule has 1 aliphatic rings. The van der Waals surface area contributed by atoms with Crippen molar-refractivity contribution in [1.82, 2.24) is 10.2 Å². The molecule has 1 fully saturated rings. The summed E-state index contributed by atoms with van der Waals surface area (Å²) in [5, 5.41) is 13.0. The van der Waals surface area contributed by atoms with Crippen molar-refractivity contribution in [2.24, 2.45) is 5.73 Å². The highest BCUT2D eigenvalue weighted by Gasteiger charge is 2.38. The maximum Gasteiger partial charge on any atom is 0.240 e. The predicted molar refractivity (Wildman–Crippen MR) is 96.9 cm³/mol. The summed E-state index contributed by atoms with van der Waals surface area (Å²) < 4.78 is 0.